The van der Waals surface area contributed by atoms with E-state index in [4.69, 9.17) is 0 Å². The monoisotopic (exact) mass is 294 g/mol. The zero-order valence-electron chi connectivity index (χ0n) is 10.3. The van der Waals surface area contributed by atoms with E-state index in [1.54, 1.807) is 6.08 Å². The molecule has 7 heteroatoms. The Morgan fingerprint density at radius 3 is 2.95 bits per heavy atom. The SMILES string of the molecule is O=C1NC(=NC2CCCCC2)SC1=Cc1csnn1. The number of hydrogen-bond donors (Lipinski definition) is 1. The van der Waals surface area contributed by atoms with E-state index in [2.05, 4.69) is 19.9 Å². The van der Waals surface area contributed by atoms with E-state index in [0.29, 0.717) is 10.9 Å². The molecule has 0 atom stereocenters. The Bertz CT molecular complexity index is 518. The molecule has 1 aromatic rings. The van der Waals surface area contributed by atoms with Crippen LogP contribution in [0.3, 0.4) is 0 Å². The molecule has 1 aliphatic carbocycles. The van der Waals surface area contributed by atoms with Gasteiger partial charge in [0, 0.05) is 5.38 Å². The number of amides is 1. The number of amidine groups is 1. The summed E-state index contributed by atoms with van der Waals surface area (Å²) in [5.74, 6) is -0.0902. The van der Waals surface area contributed by atoms with Crippen LogP contribution in [0.15, 0.2) is 15.3 Å². The molecule has 5 nitrogen and oxygen atoms in total. The molecule has 2 heterocycles. The highest BCUT2D eigenvalue weighted by Gasteiger charge is 2.25. The summed E-state index contributed by atoms with van der Waals surface area (Å²) in [4.78, 5) is 17.1. The molecule has 1 N–H and O–H groups in total. The summed E-state index contributed by atoms with van der Waals surface area (Å²) in [6.07, 6.45) is 7.82. The molecule has 0 radical (unpaired) electrons. The van der Waals surface area contributed by atoms with Crippen molar-refractivity contribution in [1.29, 1.82) is 0 Å². The highest BCUT2D eigenvalue weighted by Crippen LogP contribution is 2.28. The zero-order chi connectivity index (χ0) is 13.1. The molecule has 0 aromatic carbocycles. The number of thioether (sulfide) groups is 1. The maximum atomic E-state index is 11.8. The number of aliphatic imine (C=N–C) groups is 1. The van der Waals surface area contributed by atoms with Crippen molar-refractivity contribution in [1.82, 2.24) is 14.9 Å². The van der Waals surface area contributed by atoms with Crippen molar-refractivity contribution in [2.45, 2.75) is 38.1 Å². The van der Waals surface area contributed by atoms with Crippen LogP contribution in [0, 0.1) is 0 Å². The van der Waals surface area contributed by atoms with Gasteiger partial charge in [-0.3, -0.25) is 9.79 Å². The first-order valence-electron chi connectivity index (χ1n) is 6.37. The third-order valence-corrected chi connectivity index (χ3v) is 4.63. The summed E-state index contributed by atoms with van der Waals surface area (Å²) in [5, 5.41) is 9.28. The van der Waals surface area contributed by atoms with Crippen molar-refractivity contribution in [3.05, 3.63) is 16.0 Å². The van der Waals surface area contributed by atoms with Gasteiger partial charge in [-0.2, -0.15) is 0 Å². The van der Waals surface area contributed by atoms with E-state index in [-0.39, 0.29) is 5.91 Å². The van der Waals surface area contributed by atoms with Crippen molar-refractivity contribution < 1.29 is 4.79 Å². The van der Waals surface area contributed by atoms with Crippen molar-refractivity contribution in [2.24, 2.45) is 4.99 Å². The Morgan fingerprint density at radius 2 is 2.21 bits per heavy atom. The normalized spacial score (nSPS) is 25.2. The lowest BCUT2D eigenvalue weighted by Gasteiger charge is -2.17. The van der Waals surface area contributed by atoms with Gasteiger partial charge in [-0.1, -0.05) is 23.8 Å². The summed E-state index contributed by atoms with van der Waals surface area (Å²) in [6, 6.07) is 0.372. The molecule has 0 bridgehead atoms. The second-order valence-corrected chi connectivity index (χ2v) is 6.26. The van der Waals surface area contributed by atoms with Gasteiger partial charge in [0.15, 0.2) is 5.17 Å². The van der Waals surface area contributed by atoms with Gasteiger partial charge in [-0.05, 0) is 42.2 Å². The minimum Gasteiger partial charge on any atom is -0.301 e. The number of hydrogen-bond acceptors (Lipinski definition) is 6. The molecule has 0 unspecified atom stereocenters. The molecule has 1 saturated carbocycles. The highest BCUT2D eigenvalue weighted by molar-refractivity contribution is 8.18. The topological polar surface area (TPSA) is 67.2 Å². The molecule has 1 amide bonds. The fourth-order valence-corrected chi connectivity index (χ4v) is 3.52. The van der Waals surface area contributed by atoms with Gasteiger partial charge in [0.2, 0.25) is 0 Å². The average Bonchev–Trinajstić information content (AvgIpc) is 3.02. The minimum atomic E-state index is -0.0902. The number of carbonyl (C=O) groups is 1. The van der Waals surface area contributed by atoms with E-state index in [0.717, 1.165) is 23.7 Å². The van der Waals surface area contributed by atoms with Crippen molar-refractivity contribution in [3.63, 3.8) is 0 Å². The fourth-order valence-electron chi connectivity index (χ4n) is 2.23. The maximum Gasteiger partial charge on any atom is 0.264 e. The highest BCUT2D eigenvalue weighted by atomic mass is 32.2. The van der Waals surface area contributed by atoms with Crippen LogP contribution < -0.4 is 5.32 Å². The molecule has 19 heavy (non-hydrogen) atoms. The Labute approximate surface area is 119 Å². The molecule has 100 valence electrons. The van der Waals surface area contributed by atoms with Crippen LogP contribution in [0.4, 0.5) is 0 Å². The lowest BCUT2D eigenvalue weighted by atomic mass is 9.96. The van der Waals surface area contributed by atoms with Crippen molar-refractivity contribution in [2.75, 3.05) is 0 Å². The first kappa shape index (κ1) is 12.8. The third kappa shape index (κ3) is 3.22. The standard InChI is InChI=1S/C12H14N4OS2/c17-11-10(6-9-7-18-16-15-9)19-12(14-11)13-8-4-2-1-3-5-8/h6-8H,1-5H2,(H,13,14,17). The van der Waals surface area contributed by atoms with Gasteiger partial charge >= 0.3 is 0 Å². The minimum absolute atomic E-state index is 0.0902. The van der Waals surface area contributed by atoms with E-state index in [1.165, 1.54) is 42.6 Å². The van der Waals surface area contributed by atoms with Crippen LogP contribution >= 0.6 is 23.3 Å². The van der Waals surface area contributed by atoms with E-state index >= 15 is 0 Å². The van der Waals surface area contributed by atoms with E-state index in [9.17, 15) is 4.79 Å². The first-order chi connectivity index (χ1) is 9.31. The third-order valence-electron chi connectivity index (χ3n) is 3.18. The number of nitrogens with one attached hydrogen (secondary N) is 1. The summed E-state index contributed by atoms with van der Waals surface area (Å²) >= 11 is 2.67. The second-order valence-electron chi connectivity index (χ2n) is 4.62. The predicted octanol–water partition coefficient (Wildman–Crippen LogP) is 2.43. The number of carbonyl (C=O) groups excluding carboxylic acids is 1. The lowest BCUT2D eigenvalue weighted by Crippen LogP contribution is -2.22. The summed E-state index contributed by atoms with van der Waals surface area (Å²) in [5.41, 5.74) is 0.724. The van der Waals surface area contributed by atoms with E-state index in [1.807, 2.05) is 5.38 Å². The van der Waals surface area contributed by atoms with Crippen molar-refractivity contribution >= 4 is 40.4 Å². The van der Waals surface area contributed by atoms with E-state index < -0.39 is 0 Å². The number of rotatable bonds is 2. The molecule has 1 saturated heterocycles. The van der Waals surface area contributed by atoms with Crippen LogP contribution in [0.2, 0.25) is 0 Å². The number of nitrogens with zero attached hydrogens (tertiary/aromatic N) is 3. The Morgan fingerprint density at radius 1 is 1.37 bits per heavy atom. The Balaban J connectivity index is 1.70. The largest absolute Gasteiger partial charge is 0.301 e. The van der Waals surface area contributed by atoms with Gasteiger partial charge in [0.25, 0.3) is 5.91 Å². The fraction of sp³-hybridized carbons (Fsp3) is 0.500. The first-order valence-corrected chi connectivity index (χ1v) is 8.02. The molecular weight excluding hydrogens is 280 g/mol. The van der Waals surface area contributed by atoms with Crippen LogP contribution in [0.25, 0.3) is 6.08 Å². The van der Waals surface area contributed by atoms with Gasteiger partial charge in [-0.25, -0.2) is 0 Å². The lowest BCUT2D eigenvalue weighted by molar-refractivity contribution is -0.115. The zero-order valence-corrected chi connectivity index (χ0v) is 12.0. The van der Waals surface area contributed by atoms with Gasteiger partial charge in [0.1, 0.15) is 0 Å². The van der Waals surface area contributed by atoms with Gasteiger partial charge < -0.3 is 5.32 Å². The second kappa shape index (κ2) is 5.83. The molecule has 2 aliphatic rings. The molecule has 0 spiro atoms. The Hall–Kier alpha value is -1.21. The average molecular weight is 294 g/mol. The molecule has 1 aromatic heterocycles. The smallest absolute Gasteiger partial charge is 0.264 e. The quantitative estimate of drug-likeness (QED) is 0.851. The van der Waals surface area contributed by atoms with Gasteiger partial charge in [0.05, 0.1) is 16.6 Å². The van der Waals surface area contributed by atoms with Crippen LogP contribution in [0.1, 0.15) is 37.8 Å². The van der Waals surface area contributed by atoms with Crippen LogP contribution in [-0.2, 0) is 4.79 Å². The molecule has 3 rings (SSSR count). The predicted molar refractivity (Wildman–Crippen MR) is 77.9 cm³/mol. The summed E-state index contributed by atoms with van der Waals surface area (Å²) < 4.78 is 3.78. The molecular formula is C12H14N4OS2. The van der Waals surface area contributed by atoms with Crippen LogP contribution in [-0.4, -0.2) is 26.7 Å². The maximum absolute atomic E-state index is 11.8. The van der Waals surface area contributed by atoms with Crippen LogP contribution in [0.5, 0.6) is 0 Å². The number of aromatic nitrogens is 2. The Kier molecular flexibility index (Phi) is 3.93. The molecule has 2 fully saturated rings. The van der Waals surface area contributed by atoms with Crippen molar-refractivity contribution in [3.8, 4) is 0 Å². The summed E-state index contributed by atoms with van der Waals surface area (Å²) in [6.45, 7) is 0. The summed E-state index contributed by atoms with van der Waals surface area (Å²) in [7, 11) is 0. The molecule has 1 aliphatic heterocycles. The van der Waals surface area contributed by atoms with Gasteiger partial charge in [-0.15, -0.1) is 5.10 Å².